The molecule has 0 radical (unpaired) electrons. The van der Waals surface area contributed by atoms with Crippen molar-refractivity contribution in [2.75, 3.05) is 0 Å². The van der Waals surface area contributed by atoms with Crippen LogP contribution in [-0.2, 0) is 13.8 Å². The van der Waals surface area contributed by atoms with Crippen molar-refractivity contribution in [2.24, 2.45) is 0 Å². The molecule has 4 unspecified atom stereocenters. The Kier molecular flexibility index (Phi) is 7.97. The van der Waals surface area contributed by atoms with E-state index in [1.54, 1.807) is 40.7 Å². The third-order valence-corrected chi connectivity index (χ3v) is 9.61. The lowest BCUT2D eigenvalue weighted by Gasteiger charge is -2.37. The monoisotopic (exact) mass is 532 g/mol. The maximum Gasteiger partial charge on any atom is 0.359 e. The largest absolute Gasteiger partial charge is 0.388 e. The number of nitrogens with zero attached hydrogens (tertiary/aromatic N) is 1. The number of fused-ring (bicyclic) bond motifs is 1. The van der Waals surface area contributed by atoms with Gasteiger partial charge in [-0.05, 0) is 52.2 Å². The van der Waals surface area contributed by atoms with Crippen molar-refractivity contribution in [3.05, 3.63) is 33.3 Å². The summed E-state index contributed by atoms with van der Waals surface area (Å²) in [6, 6.07) is 1.60. The Morgan fingerprint density at radius 1 is 1.26 bits per heavy atom. The number of aliphatic hydroxyl groups is 3. The first-order valence-electron chi connectivity index (χ1n) is 11.5. The maximum atomic E-state index is 14.5. The molecule has 35 heavy (non-hydrogen) atoms. The van der Waals surface area contributed by atoms with Crippen LogP contribution in [0, 0.1) is 24.3 Å². The lowest BCUT2D eigenvalue weighted by molar-refractivity contribution is -0.0532. The van der Waals surface area contributed by atoms with Gasteiger partial charge in [-0.25, -0.2) is 9.37 Å². The molecule has 3 rings (SSSR count). The van der Waals surface area contributed by atoms with Gasteiger partial charge in [-0.15, -0.1) is 0 Å². The molecule has 9 nitrogen and oxygen atoms in total. The zero-order valence-electron chi connectivity index (χ0n) is 20.7. The van der Waals surface area contributed by atoms with Crippen LogP contribution in [0.4, 0.5) is 4.39 Å². The number of aliphatic hydroxyl groups excluding tert-OH is 2. The highest BCUT2D eigenvalue weighted by atomic mass is 32.1. The van der Waals surface area contributed by atoms with Gasteiger partial charge in [0.25, 0.3) is 0 Å². The second kappa shape index (κ2) is 9.87. The van der Waals surface area contributed by atoms with E-state index in [2.05, 4.69) is 9.97 Å². The molecule has 3 heterocycles. The van der Waals surface area contributed by atoms with Crippen molar-refractivity contribution in [1.82, 2.24) is 9.97 Å². The normalized spacial score (nSPS) is 28.0. The van der Waals surface area contributed by atoms with E-state index in [9.17, 15) is 29.2 Å². The van der Waals surface area contributed by atoms with Gasteiger partial charge in [0, 0.05) is 23.2 Å². The van der Waals surface area contributed by atoms with Crippen molar-refractivity contribution >= 4 is 19.8 Å². The Morgan fingerprint density at radius 3 is 2.46 bits per heavy atom. The van der Waals surface area contributed by atoms with Gasteiger partial charge in [0.05, 0.1) is 11.7 Å². The Labute approximate surface area is 209 Å². The van der Waals surface area contributed by atoms with Crippen molar-refractivity contribution in [1.29, 1.82) is 0 Å². The van der Waals surface area contributed by atoms with Crippen LogP contribution in [0.1, 0.15) is 69.9 Å². The molecular weight excluding hydrogens is 498 g/mol. The first kappa shape index (κ1) is 28.3. The van der Waals surface area contributed by atoms with Gasteiger partial charge in [-0.3, -0.25) is 4.57 Å². The van der Waals surface area contributed by atoms with Crippen molar-refractivity contribution in [2.45, 2.75) is 96.2 Å². The van der Waals surface area contributed by atoms with Crippen molar-refractivity contribution < 1.29 is 38.4 Å². The second-order valence-electron chi connectivity index (χ2n) is 9.73. The summed E-state index contributed by atoms with van der Waals surface area (Å²) in [5.74, 6) is -0.0196. The highest BCUT2D eigenvalue weighted by Gasteiger charge is 2.50. The maximum absolute atomic E-state index is 14.5. The van der Waals surface area contributed by atoms with Crippen LogP contribution in [0.15, 0.2) is 6.07 Å². The van der Waals surface area contributed by atoms with Crippen LogP contribution >= 0.6 is 19.8 Å². The molecule has 0 bridgehead atoms. The molecule has 12 heteroatoms. The molecule has 0 aromatic rings. The molecule has 0 spiro atoms. The predicted octanol–water partition coefficient (Wildman–Crippen LogP) is 4.04. The lowest BCUT2D eigenvalue weighted by atomic mass is 9.92. The topological polar surface area (TPSA) is 145 Å². The summed E-state index contributed by atoms with van der Waals surface area (Å²) < 4.78 is 38.9. The Balaban J connectivity index is 1.92. The van der Waals surface area contributed by atoms with Crippen LogP contribution in [0.25, 0.3) is 11.4 Å². The minimum absolute atomic E-state index is 0.00253. The molecule has 5 N–H and O–H groups in total. The number of ether oxygens (including phenoxy) is 1. The smallest absolute Gasteiger partial charge is 0.359 e. The average Bonchev–Trinajstić information content (AvgIpc) is 3.04. The molecule has 0 aliphatic carbocycles. The quantitative estimate of drug-likeness (QED) is 0.251. The van der Waals surface area contributed by atoms with Crippen LogP contribution in [-0.4, -0.2) is 59.4 Å². The number of halogens is 1. The van der Waals surface area contributed by atoms with Gasteiger partial charge in [0.15, 0.2) is 5.34 Å². The first-order chi connectivity index (χ1) is 16.1. The van der Waals surface area contributed by atoms with Gasteiger partial charge in [-0.1, -0.05) is 26.1 Å². The fraction of sp³-hybridized carbons (Fsp3) is 0.652. The summed E-state index contributed by atoms with van der Waals surface area (Å²) in [7, 11) is -4.46. The van der Waals surface area contributed by atoms with Crippen molar-refractivity contribution in [3.8, 4) is 11.4 Å². The van der Waals surface area contributed by atoms with E-state index in [1.165, 1.54) is 6.92 Å². The van der Waals surface area contributed by atoms with Gasteiger partial charge in [-0.2, -0.15) is 0 Å². The lowest BCUT2D eigenvalue weighted by Crippen LogP contribution is -2.40. The van der Waals surface area contributed by atoms with Crippen LogP contribution in [0.3, 0.4) is 0 Å². The van der Waals surface area contributed by atoms with E-state index >= 15 is 0 Å². The minimum atomic E-state index is -4.46. The molecular formula is C23H34FN2O7PS. The summed E-state index contributed by atoms with van der Waals surface area (Å²) in [4.78, 5) is 17.6. The Hall–Kier alpha value is -1.30. The van der Waals surface area contributed by atoms with Gasteiger partial charge in [0.1, 0.15) is 34.6 Å². The van der Waals surface area contributed by atoms with Crippen LogP contribution < -0.4 is 0 Å². The van der Waals surface area contributed by atoms with E-state index in [0.717, 1.165) is 0 Å². The van der Waals surface area contributed by atoms with E-state index < -0.39 is 48.8 Å². The van der Waals surface area contributed by atoms with Gasteiger partial charge >= 0.3 is 7.60 Å². The van der Waals surface area contributed by atoms with Crippen LogP contribution in [0.5, 0.6) is 0 Å². The third-order valence-electron chi connectivity index (χ3n) is 7.06. The van der Waals surface area contributed by atoms with Crippen LogP contribution in [0.2, 0.25) is 0 Å². The molecule has 0 amide bonds. The van der Waals surface area contributed by atoms with E-state index in [-0.39, 0.29) is 23.9 Å². The molecule has 1 saturated heterocycles. The number of hydrogen-bond acceptors (Lipinski definition) is 8. The standard InChI is InChI=1S/C23H34FN2O7PS/c1-7-22(5,33-34(30,31)23(6,29)8-2)10-15-17(27)18(28)19(32-15)14-9-13-11(3)16(24)12(4)25-20(13)26-21(14)35/h9,15,17-19,27-29H,7-8,10H2,1-6H3,(H,30,31)(H,25,26,35)/t15-,17?,18+,19+,22?,23?/m1/s1. The fourth-order valence-electron chi connectivity index (χ4n) is 4.17. The average molecular weight is 533 g/mol. The molecule has 0 aromatic heterocycles. The molecule has 1 fully saturated rings. The SMILES string of the molecule is CCC(C)(C[C@H]1O[C@@H](c2cc3c(C)c(F)c(C)[nH]c-3nc2=S)[C@@H](O)C1O)OP(=O)(O)C(C)(O)CC. The van der Waals surface area contributed by atoms with E-state index in [1.807, 2.05) is 0 Å². The molecule has 3 aliphatic heterocycles. The predicted molar refractivity (Wildman–Crippen MR) is 130 cm³/mol. The minimum Gasteiger partial charge on any atom is -0.388 e. The summed E-state index contributed by atoms with van der Waals surface area (Å²) in [6.45, 7) is 9.31. The first-order valence-corrected chi connectivity index (χ1v) is 13.5. The molecule has 0 saturated carbocycles. The third kappa shape index (κ3) is 5.24. The number of nitrogens with one attached hydrogen (secondary N) is 1. The number of aromatic amines is 1. The Bertz CT molecular complexity index is 1180. The zero-order chi connectivity index (χ0) is 26.5. The number of hydrogen-bond donors (Lipinski definition) is 5. The summed E-state index contributed by atoms with van der Waals surface area (Å²) in [5.41, 5.74) is 0.212. The van der Waals surface area contributed by atoms with Gasteiger partial charge < -0.3 is 34.5 Å². The molecule has 3 aliphatic rings. The highest BCUT2D eigenvalue weighted by Crippen LogP contribution is 2.59. The number of rotatable bonds is 8. The molecule has 0 aromatic carbocycles. The number of aromatic nitrogens is 2. The number of pyridine rings is 2. The zero-order valence-corrected chi connectivity index (χ0v) is 22.4. The fourth-order valence-corrected chi connectivity index (χ4v) is 5.84. The summed E-state index contributed by atoms with van der Waals surface area (Å²) in [6.07, 6.45) is -4.53. The van der Waals surface area contributed by atoms with E-state index in [0.29, 0.717) is 28.2 Å². The number of aryl methyl sites for hydroxylation is 1. The van der Waals surface area contributed by atoms with E-state index in [4.69, 9.17) is 21.5 Å². The summed E-state index contributed by atoms with van der Waals surface area (Å²) >= 11 is 5.40. The van der Waals surface area contributed by atoms with Crippen molar-refractivity contribution in [3.63, 3.8) is 0 Å². The highest BCUT2D eigenvalue weighted by molar-refractivity contribution is 7.71. The Morgan fingerprint density at radius 2 is 1.89 bits per heavy atom. The molecule has 196 valence electrons. The summed E-state index contributed by atoms with van der Waals surface area (Å²) in [5, 5.41) is 29.9. The second-order valence-corrected chi connectivity index (χ2v) is 12.3. The number of H-pyrrole nitrogens is 1. The molecule has 7 atom stereocenters. The van der Waals surface area contributed by atoms with Gasteiger partial charge in [0.2, 0.25) is 0 Å².